The highest BCUT2D eigenvalue weighted by molar-refractivity contribution is 14.1. The van der Waals surface area contributed by atoms with Crippen LogP contribution in [0, 0.1) is 0 Å². The van der Waals surface area contributed by atoms with Crippen LogP contribution in [0.5, 0.6) is 5.88 Å². The van der Waals surface area contributed by atoms with Crippen LogP contribution in [-0.4, -0.2) is 118 Å². The normalized spacial score (nSPS) is 29.1. The second-order valence-corrected chi connectivity index (χ2v) is 11.8. The maximum absolute atomic E-state index is 13.1. The second kappa shape index (κ2) is 18.4. The van der Waals surface area contributed by atoms with E-state index in [2.05, 4.69) is 4.98 Å². The van der Waals surface area contributed by atoms with Gasteiger partial charge in [-0.15, -0.1) is 0 Å². The molecule has 1 aromatic heterocycles. The van der Waals surface area contributed by atoms with Gasteiger partial charge in [0.05, 0.1) is 12.7 Å². The predicted molar refractivity (Wildman–Crippen MR) is 170 cm³/mol. The smallest absolute Gasteiger partial charge is 0.353 e. The number of aromatic nitrogens is 2. The highest BCUT2D eigenvalue weighted by Gasteiger charge is 2.57. The molecule has 0 N–H and O–H groups in total. The number of hydrogen-bond donors (Lipinski definition) is 0. The number of ether oxygens (including phenoxy) is 10. The summed E-state index contributed by atoms with van der Waals surface area (Å²) in [5.41, 5.74) is -0.842. The maximum Gasteiger partial charge on any atom is 0.353 e. The van der Waals surface area contributed by atoms with Crippen molar-refractivity contribution in [2.24, 2.45) is 0 Å². The van der Waals surface area contributed by atoms with Gasteiger partial charge in [0.25, 0.3) is 0 Å². The first kappa shape index (κ1) is 40.5. The zero-order chi connectivity index (χ0) is 37.3. The van der Waals surface area contributed by atoms with Gasteiger partial charge >= 0.3 is 41.5 Å². The first-order chi connectivity index (χ1) is 23.6. The zero-order valence-electron chi connectivity index (χ0n) is 28.3. The molecule has 3 rings (SSSR count). The van der Waals surface area contributed by atoms with E-state index in [9.17, 15) is 33.6 Å². The van der Waals surface area contributed by atoms with Gasteiger partial charge in [0.15, 0.2) is 43.0 Å². The van der Waals surface area contributed by atoms with E-state index in [4.69, 9.17) is 47.4 Å². The third-order valence-electron chi connectivity index (χ3n) is 6.98. The molecule has 0 aliphatic carbocycles. The molecule has 0 amide bonds. The van der Waals surface area contributed by atoms with Crippen LogP contribution < -0.4 is 10.4 Å². The van der Waals surface area contributed by atoms with Crippen LogP contribution >= 0.6 is 22.6 Å². The van der Waals surface area contributed by atoms with Crippen molar-refractivity contribution in [1.29, 1.82) is 0 Å². The Morgan fingerprint density at radius 2 is 1.24 bits per heavy atom. The minimum absolute atomic E-state index is 0.0282. The quantitative estimate of drug-likeness (QED) is 0.113. The third kappa shape index (κ3) is 10.8. The summed E-state index contributed by atoms with van der Waals surface area (Å²) in [5.74, 6) is -4.97. The van der Waals surface area contributed by atoms with Gasteiger partial charge in [0.2, 0.25) is 5.88 Å². The molecule has 10 unspecified atom stereocenters. The van der Waals surface area contributed by atoms with Crippen molar-refractivity contribution >= 4 is 58.4 Å². The molecule has 50 heavy (non-hydrogen) atoms. The average molecular weight is 827 g/mol. The molecule has 0 aromatic carbocycles. The molecular weight excluding hydrogens is 787 g/mol. The first-order valence-electron chi connectivity index (χ1n) is 15.3. The molecule has 3 heterocycles. The number of esters is 6. The minimum Gasteiger partial charge on any atom is -0.478 e. The number of hydrogen-bond acceptors (Lipinski definition) is 18. The van der Waals surface area contributed by atoms with Crippen molar-refractivity contribution in [3.8, 4) is 5.88 Å². The van der Waals surface area contributed by atoms with Gasteiger partial charge in [-0.2, -0.15) is 4.98 Å². The standard InChI is InChI=1S/C30H39IN2O17/c1-8-41-21-9-10-33(30(40)32-21)28-26(46-17(6)38)24(44-15(4)36)22(19(11-31)48-28)50-29-27(47-18(7)39)25(45-16(5)37)23(43-14(3)35)20(49-29)12-42-13(2)34/h9-10,19-20,22-29H,8,11-12H2,1-7H3. The lowest BCUT2D eigenvalue weighted by Crippen LogP contribution is -2.66. The molecule has 1 aromatic rings. The third-order valence-corrected chi connectivity index (χ3v) is 7.84. The fourth-order valence-corrected chi connectivity index (χ4v) is 6.03. The SMILES string of the molecule is CCOc1ccn(C2OC(CI)C(OC3OC(COC(C)=O)C(OC(C)=O)C(OC(C)=O)C3OC(C)=O)C(OC(C)=O)C2OC(C)=O)c(=O)n1. The molecule has 10 atom stereocenters. The van der Waals surface area contributed by atoms with Gasteiger partial charge in [-0.05, 0) is 6.92 Å². The lowest BCUT2D eigenvalue weighted by molar-refractivity contribution is -0.345. The van der Waals surface area contributed by atoms with Crippen molar-refractivity contribution in [3.05, 3.63) is 22.7 Å². The number of rotatable bonds is 13. The van der Waals surface area contributed by atoms with Gasteiger partial charge in [-0.1, -0.05) is 22.6 Å². The van der Waals surface area contributed by atoms with Gasteiger partial charge in [-0.25, -0.2) is 4.79 Å². The maximum atomic E-state index is 13.1. The molecule has 20 heteroatoms. The van der Waals surface area contributed by atoms with E-state index in [0.29, 0.717) is 0 Å². The summed E-state index contributed by atoms with van der Waals surface area (Å²) in [6.07, 6.45) is -13.4. The summed E-state index contributed by atoms with van der Waals surface area (Å²) in [7, 11) is 0. The molecule has 2 saturated heterocycles. The van der Waals surface area contributed by atoms with Crippen LogP contribution in [0.15, 0.2) is 17.1 Å². The molecule has 278 valence electrons. The summed E-state index contributed by atoms with van der Waals surface area (Å²) >= 11 is 1.95. The van der Waals surface area contributed by atoms with Crippen molar-refractivity contribution in [1.82, 2.24) is 9.55 Å². The van der Waals surface area contributed by atoms with Crippen LogP contribution in [0.3, 0.4) is 0 Å². The van der Waals surface area contributed by atoms with E-state index in [1.54, 1.807) is 6.92 Å². The molecule has 19 nitrogen and oxygen atoms in total. The number of carbonyl (C=O) groups is 6. The highest BCUT2D eigenvalue weighted by Crippen LogP contribution is 2.38. The molecule has 2 aliphatic heterocycles. The Kier molecular flexibility index (Phi) is 14.9. The Balaban J connectivity index is 2.16. The predicted octanol–water partition coefficient (Wildman–Crippen LogP) is 0.306. The summed E-state index contributed by atoms with van der Waals surface area (Å²) in [4.78, 5) is 90.4. The fourth-order valence-electron chi connectivity index (χ4n) is 5.32. The number of halogens is 1. The van der Waals surface area contributed by atoms with E-state index in [1.165, 1.54) is 12.3 Å². The average Bonchev–Trinajstić information content (AvgIpc) is 3.00. The first-order valence-corrected chi connectivity index (χ1v) is 16.8. The van der Waals surface area contributed by atoms with Crippen molar-refractivity contribution in [2.45, 2.75) is 110 Å². The Bertz CT molecular complexity index is 1470. The van der Waals surface area contributed by atoms with Crippen molar-refractivity contribution < 1.29 is 76.1 Å². The van der Waals surface area contributed by atoms with Crippen LogP contribution in [-0.2, 0) is 71.4 Å². The largest absolute Gasteiger partial charge is 0.478 e. The van der Waals surface area contributed by atoms with E-state index < -0.39 is 109 Å². The van der Waals surface area contributed by atoms with E-state index in [1.807, 2.05) is 22.6 Å². The van der Waals surface area contributed by atoms with Gasteiger partial charge < -0.3 is 47.4 Å². The van der Waals surface area contributed by atoms with Gasteiger partial charge in [-0.3, -0.25) is 33.3 Å². The Morgan fingerprint density at radius 1 is 0.720 bits per heavy atom. The van der Waals surface area contributed by atoms with E-state index in [-0.39, 0.29) is 16.9 Å². The molecule has 0 saturated carbocycles. The topological polar surface area (TPSA) is 230 Å². The monoisotopic (exact) mass is 826 g/mol. The number of alkyl halides is 1. The second-order valence-electron chi connectivity index (χ2n) is 10.9. The van der Waals surface area contributed by atoms with Gasteiger partial charge in [0.1, 0.15) is 18.8 Å². The van der Waals surface area contributed by atoms with E-state index >= 15 is 0 Å². The summed E-state index contributed by atoms with van der Waals surface area (Å²) in [6, 6.07) is 1.39. The van der Waals surface area contributed by atoms with Crippen LogP contribution in [0.1, 0.15) is 54.7 Å². The molecular formula is C30H39IN2O17. The highest BCUT2D eigenvalue weighted by atomic mass is 127. The van der Waals surface area contributed by atoms with Crippen molar-refractivity contribution in [2.75, 3.05) is 17.6 Å². The van der Waals surface area contributed by atoms with Crippen LogP contribution in [0.4, 0.5) is 0 Å². The minimum atomic E-state index is -1.71. The lowest BCUT2D eigenvalue weighted by Gasteiger charge is -2.48. The summed E-state index contributed by atoms with van der Waals surface area (Å²) < 4.78 is 57.8. The Morgan fingerprint density at radius 3 is 1.74 bits per heavy atom. The summed E-state index contributed by atoms with van der Waals surface area (Å²) in [6.45, 7) is 7.87. The number of nitrogens with zero attached hydrogens (tertiary/aromatic N) is 2. The molecule has 0 bridgehead atoms. The molecule has 0 spiro atoms. The molecule has 2 fully saturated rings. The fraction of sp³-hybridized carbons (Fsp3) is 0.667. The van der Waals surface area contributed by atoms with Crippen LogP contribution in [0.2, 0.25) is 0 Å². The summed E-state index contributed by atoms with van der Waals surface area (Å²) in [5, 5.41) is 0. The zero-order valence-corrected chi connectivity index (χ0v) is 30.4. The van der Waals surface area contributed by atoms with Crippen molar-refractivity contribution in [3.63, 3.8) is 0 Å². The lowest BCUT2D eigenvalue weighted by atomic mass is 9.95. The molecule has 2 aliphatic rings. The Hall–Kier alpha value is -3.89. The Labute approximate surface area is 299 Å². The van der Waals surface area contributed by atoms with Crippen LogP contribution in [0.25, 0.3) is 0 Å². The number of carbonyl (C=O) groups excluding carboxylic acids is 6. The molecule has 0 radical (unpaired) electrons. The van der Waals surface area contributed by atoms with Gasteiger partial charge in [0, 0.05) is 58.2 Å². The van der Waals surface area contributed by atoms with E-state index in [0.717, 1.165) is 46.1 Å².